The summed E-state index contributed by atoms with van der Waals surface area (Å²) in [6.45, 7) is 3.39. The minimum absolute atomic E-state index is 0.616. The molecule has 1 aliphatic heterocycles. The maximum absolute atomic E-state index is 6.26. The molecule has 1 aliphatic rings. The van der Waals surface area contributed by atoms with Gasteiger partial charge in [-0.05, 0) is 31.4 Å². The van der Waals surface area contributed by atoms with Crippen LogP contribution in [-0.2, 0) is 0 Å². The number of benzene rings is 1. The van der Waals surface area contributed by atoms with Gasteiger partial charge in [-0.15, -0.1) is 0 Å². The Labute approximate surface area is 114 Å². The van der Waals surface area contributed by atoms with Gasteiger partial charge in [0.2, 0.25) is 0 Å². The second-order valence-corrected chi connectivity index (χ2v) is 5.47. The minimum atomic E-state index is 0.616. The topological polar surface area (TPSA) is 57.9 Å². The van der Waals surface area contributed by atoms with Crippen LogP contribution in [0.25, 0.3) is 10.9 Å². The first kappa shape index (κ1) is 12.3. The Hall–Kier alpha value is -1.71. The summed E-state index contributed by atoms with van der Waals surface area (Å²) in [5, 5.41) is 8.22. The van der Waals surface area contributed by atoms with Crippen molar-refractivity contribution in [3.05, 3.63) is 18.3 Å². The minimum Gasteiger partial charge on any atom is -0.397 e. The van der Waals surface area contributed by atoms with E-state index < -0.39 is 0 Å². The number of aromatic amines is 1. The van der Waals surface area contributed by atoms with Gasteiger partial charge in [0, 0.05) is 18.0 Å². The summed E-state index contributed by atoms with van der Waals surface area (Å²) >= 11 is 0. The lowest BCUT2D eigenvalue weighted by molar-refractivity contribution is 0.557. The first-order chi connectivity index (χ1) is 9.29. The number of anilines is 2. The SMILES string of the molecule is CCC1CCCCCN1c1cc2[nH]ncc2cc1N. The van der Waals surface area contributed by atoms with Crippen molar-refractivity contribution in [1.82, 2.24) is 10.2 Å². The summed E-state index contributed by atoms with van der Waals surface area (Å²) in [5.41, 5.74) is 9.38. The number of hydrogen-bond donors (Lipinski definition) is 2. The Balaban J connectivity index is 2.02. The molecule has 102 valence electrons. The van der Waals surface area contributed by atoms with Crippen molar-refractivity contribution in [3.8, 4) is 0 Å². The van der Waals surface area contributed by atoms with Crippen molar-refractivity contribution < 1.29 is 0 Å². The van der Waals surface area contributed by atoms with Gasteiger partial charge < -0.3 is 10.6 Å². The Bertz CT molecular complexity index is 560. The molecule has 0 saturated carbocycles. The van der Waals surface area contributed by atoms with Crippen LogP contribution in [0.1, 0.15) is 39.0 Å². The normalized spacial score (nSPS) is 20.7. The van der Waals surface area contributed by atoms with E-state index in [0.717, 1.165) is 23.1 Å². The van der Waals surface area contributed by atoms with Crippen LogP contribution >= 0.6 is 0 Å². The van der Waals surface area contributed by atoms with Gasteiger partial charge in [-0.2, -0.15) is 5.10 Å². The molecule has 1 aromatic heterocycles. The average Bonchev–Trinajstić information content (AvgIpc) is 2.73. The molecule has 0 amide bonds. The van der Waals surface area contributed by atoms with E-state index in [4.69, 9.17) is 5.73 Å². The van der Waals surface area contributed by atoms with Crippen LogP contribution in [0.2, 0.25) is 0 Å². The molecule has 4 heteroatoms. The van der Waals surface area contributed by atoms with E-state index in [1.165, 1.54) is 37.8 Å². The van der Waals surface area contributed by atoms with E-state index in [1.807, 2.05) is 12.3 Å². The van der Waals surface area contributed by atoms with Gasteiger partial charge in [-0.1, -0.05) is 19.8 Å². The molecule has 0 aliphatic carbocycles. The van der Waals surface area contributed by atoms with Crippen LogP contribution in [-0.4, -0.2) is 22.8 Å². The number of nitrogens with two attached hydrogens (primary N) is 1. The highest BCUT2D eigenvalue weighted by Gasteiger charge is 2.21. The van der Waals surface area contributed by atoms with Gasteiger partial charge in [-0.3, -0.25) is 5.10 Å². The summed E-state index contributed by atoms with van der Waals surface area (Å²) < 4.78 is 0. The monoisotopic (exact) mass is 258 g/mol. The standard InChI is InChI=1S/C15H22N4/c1-2-12-6-4-3-5-7-19(12)15-9-14-11(8-13(15)16)10-17-18-14/h8-10,12H,2-7,16H2,1H3,(H,17,18). The lowest BCUT2D eigenvalue weighted by Gasteiger charge is -2.32. The molecular formula is C15H22N4. The molecule has 1 atom stereocenters. The highest BCUT2D eigenvalue weighted by Crippen LogP contribution is 2.33. The van der Waals surface area contributed by atoms with Crippen LogP contribution in [0.4, 0.5) is 11.4 Å². The maximum Gasteiger partial charge on any atom is 0.0672 e. The number of H-pyrrole nitrogens is 1. The Morgan fingerprint density at radius 3 is 3.11 bits per heavy atom. The van der Waals surface area contributed by atoms with Gasteiger partial charge in [0.05, 0.1) is 23.1 Å². The van der Waals surface area contributed by atoms with Crippen molar-refractivity contribution >= 4 is 22.3 Å². The summed E-state index contributed by atoms with van der Waals surface area (Å²) in [6, 6.07) is 4.81. The molecule has 1 saturated heterocycles. The molecule has 1 aromatic carbocycles. The number of rotatable bonds is 2. The van der Waals surface area contributed by atoms with Crippen molar-refractivity contribution in [2.75, 3.05) is 17.2 Å². The highest BCUT2D eigenvalue weighted by atomic mass is 15.2. The Morgan fingerprint density at radius 1 is 1.37 bits per heavy atom. The number of nitrogen functional groups attached to an aromatic ring is 1. The van der Waals surface area contributed by atoms with Crippen LogP contribution < -0.4 is 10.6 Å². The van der Waals surface area contributed by atoms with Gasteiger partial charge >= 0.3 is 0 Å². The van der Waals surface area contributed by atoms with E-state index in [9.17, 15) is 0 Å². The van der Waals surface area contributed by atoms with Crippen molar-refractivity contribution in [1.29, 1.82) is 0 Å². The van der Waals surface area contributed by atoms with Gasteiger partial charge in [0.25, 0.3) is 0 Å². The first-order valence-corrected chi connectivity index (χ1v) is 7.29. The smallest absolute Gasteiger partial charge is 0.0672 e. The van der Waals surface area contributed by atoms with Crippen LogP contribution in [0.3, 0.4) is 0 Å². The molecule has 3 rings (SSSR count). The van der Waals surface area contributed by atoms with E-state index in [2.05, 4.69) is 28.1 Å². The summed E-state index contributed by atoms with van der Waals surface area (Å²) in [7, 11) is 0. The number of hydrogen-bond acceptors (Lipinski definition) is 3. The maximum atomic E-state index is 6.26. The molecule has 1 fully saturated rings. The quantitative estimate of drug-likeness (QED) is 0.812. The molecule has 0 radical (unpaired) electrons. The summed E-state index contributed by atoms with van der Waals surface area (Å²) in [5.74, 6) is 0. The van der Waals surface area contributed by atoms with Crippen LogP contribution in [0, 0.1) is 0 Å². The summed E-state index contributed by atoms with van der Waals surface area (Å²) in [6.07, 6.45) is 8.21. The molecule has 2 heterocycles. The molecule has 2 aromatic rings. The molecular weight excluding hydrogens is 236 g/mol. The highest BCUT2D eigenvalue weighted by molar-refractivity contribution is 5.89. The fourth-order valence-corrected chi connectivity index (χ4v) is 3.17. The summed E-state index contributed by atoms with van der Waals surface area (Å²) in [4.78, 5) is 2.50. The lowest BCUT2D eigenvalue weighted by atomic mass is 10.1. The zero-order valence-electron chi connectivity index (χ0n) is 11.5. The zero-order valence-corrected chi connectivity index (χ0v) is 11.5. The number of fused-ring (bicyclic) bond motifs is 1. The predicted octanol–water partition coefficient (Wildman–Crippen LogP) is 3.30. The second kappa shape index (κ2) is 5.11. The van der Waals surface area contributed by atoms with Gasteiger partial charge in [0.15, 0.2) is 0 Å². The zero-order chi connectivity index (χ0) is 13.2. The molecule has 3 N–H and O–H groups in total. The number of nitrogens with one attached hydrogen (secondary N) is 1. The van der Waals surface area contributed by atoms with E-state index in [1.54, 1.807) is 0 Å². The third-order valence-corrected chi connectivity index (χ3v) is 4.25. The fraction of sp³-hybridized carbons (Fsp3) is 0.533. The molecule has 4 nitrogen and oxygen atoms in total. The van der Waals surface area contributed by atoms with E-state index in [0.29, 0.717) is 6.04 Å². The lowest BCUT2D eigenvalue weighted by Crippen LogP contribution is -2.34. The molecule has 19 heavy (non-hydrogen) atoms. The van der Waals surface area contributed by atoms with E-state index in [-0.39, 0.29) is 0 Å². The van der Waals surface area contributed by atoms with E-state index >= 15 is 0 Å². The number of nitrogens with zero attached hydrogens (tertiary/aromatic N) is 2. The Morgan fingerprint density at radius 2 is 2.26 bits per heavy atom. The predicted molar refractivity (Wildman–Crippen MR) is 80.4 cm³/mol. The molecule has 0 bridgehead atoms. The number of aromatic nitrogens is 2. The van der Waals surface area contributed by atoms with Gasteiger partial charge in [-0.25, -0.2) is 0 Å². The first-order valence-electron chi connectivity index (χ1n) is 7.29. The second-order valence-electron chi connectivity index (χ2n) is 5.47. The molecule has 0 spiro atoms. The third kappa shape index (κ3) is 2.27. The van der Waals surface area contributed by atoms with Gasteiger partial charge in [0.1, 0.15) is 0 Å². The Kier molecular flexibility index (Phi) is 3.32. The van der Waals surface area contributed by atoms with Crippen molar-refractivity contribution in [2.45, 2.75) is 45.1 Å². The average molecular weight is 258 g/mol. The van der Waals surface area contributed by atoms with Crippen LogP contribution in [0.15, 0.2) is 18.3 Å². The van der Waals surface area contributed by atoms with Crippen molar-refractivity contribution in [3.63, 3.8) is 0 Å². The largest absolute Gasteiger partial charge is 0.397 e. The third-order valence-electron chi connectivity index (χ3n) is 4.25. The van der Waals surface area contributed by atoms with Crippen LogP contribution in [0.5, 0.6) is 0 Å². The van der Waals surface area contributed by atoms with Crippen molar-refractivity contribution in [2.24, 2.45) is 0 Å². The fourth-order valence-electron chi connectivity index (χ4n) is 3.17. The molecule has 1 unspecified atom stereocenters.